The van der Waals surface area contributed by atoms with Gasteiger partial charge in [0.25, 0.3) is 0 Å². The van der Waals surface area contributed by atoms with Crippen molar-refractivity contribution in [3.63, 3.8) is 0 Å². The van der Waals surface area contributed by atoms with Gasteiger partial charge in [-0.25, -0.2) is 4.39 Å². The number of aliphatic hydroxyl groups is 1. The van der Waals surface area contributed by atoms with Gasteiger partial charge in [0.15, 0.2) is 0 Å². The van der Waals surface area contributed by atoms with Crippen molar-refractivity contribution >= 4 is 0 Å². The topological polar surface area (TPSA) is 20.2 Å². The van der Waals surface area contributed by atoms with E-state index < -0.39 is 5.60 Å². The molecule has 0 aliphatic carbocycles. The molecule has 18 heavy (non-hydrogen) atoms. The van der Waals surface area contributed by atoms with E-state index >= 15 is 0 Å². The summed E-state index contributed by atoms with van der Waals surface area (Å²) in [5.74, 6) is -0.387. The van der Waals surface area contributed by atoms with Crippen LogP contribution in [0.3, 0.4) is 0 Å². The number of benzene rings is 2. The third-order valence-electron chi connectivity index (χ3n) is 3.18. The van der Waals surface area contributed by atoms with Gasteiger partial charge in [0.2, 0.25) is 0 Å². The second-order valence-corrected chi connectivity index (χ2v) is 4.93. The molecule has 2 heteroatoms. The summed E-state index contributed by atoms with van der Waals surface area (Å²) in [4.78, 5) is 0. The van der Waals surface area contributed by atoms with Gasteiger partial charge in [-0.1, -0.05) is 47.5 Å². The van der Waals surface area contributed by atoms with Crippen LogP contribution in [0.25, 0.3) is 0 Å². The maximum atomic E-state index is 13.8. The summed E-state index contributed by atoms with van der Waals surface area (Å²) in [6.45, 7) is 5.56. The van der Waals surface area contributed by atoms with Crippen LogP contribution in [0.5, 0.6) is 0 Å². The van der Waals surface area contributed by atoms with Crippen molar-refractivity contribution in [1.29, 1.82) is 0 Å². The molecule has 0 radical (unpaired) electrons. The first-order chi connectivity index (χ1) is 8.41. The first-order valence-electron chi connectivity index (χ1n) is 5.97. The fourth-order valence-corrected chi connectivity index (χ4v) is 2.27. The summed E-state index contributed by atoms with van der Waals surface area (Å²) < 4.78 is 13.8. The third-order valence-corrected chi connectivity index (χ3v) is 3.18. The molecule has 2 aromatic rings. The quantitative estimate of drug-likeness (QED) is 0.854. The van der Waals surface area contributed by atoms with Gasteiger partial charge in [-0.2, -0.15) is 0 Å². The van der Waals surface area contributed by atoms with Gasteiger partial charge in [-0.15, -0.1) is 0 Å². The lowest BCUT2D eigenvalue weighted by Gasteiger charge is -2.25. The lowest BCUT2D eigenvalue weighted by molar-refractivity contribution is 0.0978. The van der Waals surface area contributed by atoms with Gasteiger partial charge in [0, 0.05) is 5.56 Å². The number of rotatable bonds is 2. The SMILES string of the molecule is Cc1cc(C)cc(C(C)(O)c2ccccc2F)c1. The average Bonchev–Trinajstić information content (AvgIpc) is 2.28. The Hall–Kier alpha value is -1.67. The molecule has 0 aromatic heterocycles. The fraction of sp³-hybridized carbons (Fsp3) is 0.250. The maximum absolute atomic E-state index is 13.8. The second kappa shape index (κ2) is 4.54. The van der Waals surface area contributed by atoms with E-state index in [4.69, 9.17) is 0 Å². The van der Waals surface area contributed by atoms with E-state index in [2.05, 4.69) is 0 Å². The fourth-order valence-electron chi connectivity index (χ4n) is 2.27. The highest BCUT2D eigenvalue weighted by Gasteiger charge is 2.28. The predicted octanol–water partition coefficient (Wildman–Crippen LogP) is 3.70. The van der Waals surface area contributed by atoms with E-state index in [9.17, 15) is 9.50 Å². The Morgan fingerprint density at radius 1 is 1.00 bits per heavy atom. The highest BCUT2D eigenvalue weighted by molar-refractivity contribution is 5.39. The molecule has 0 aliphatic rings. The minimum absolute atomic E-state index is 0.301. The van der Waals surface area contributed by atoms with Crippen LogP contribution < -0.4 is 0 Å². The summed E-state index contributed by atoms with van der Waals surface area (Å²) in [7, 11) is 0. The largest absolute Gasteiger partial charge is 0.381 e. The van der Waals surface area contributed by atoms with Crippen LogP contribution in [0.15, 0.2) is 42.5 Å². The minimum Gasteiger partial charge on any atom is -0.381 e. The molecule has 0 fully saturated rings. The van der Waals surface area contributed by atoms with Crippen molar-refractivity contribution in [2.45, 2.75) is 26.4 Å². The summed E-state index contributed by atoms with van der Waals surface area (Å²) in [6, 6.07) is 12.1. The van der Waals surface area contributed by atoms with E-state index in [0.29, 0.717) is 11.1 Å². The Morgan fingerprint density at radius 3 is 2.11 bits per heavy atom. The second-order valence-electron chi connectivity index (χ2n) is 4.93. The molecule has 2 aromatic carbocycles. The Kier molecular flexibility index (Phi) is 3.22. The van der Waals surface area contributed by atoms with E-state index in [1.807, 2.05) is 32.0 Å². The van der Waals surface area contributed by atoms with Crippen LogP contribution in [-0.4, -0.2) is 5.11 Å². The molecule has 0 saturated heterocycles. The van der Waals surface area contributed by atoms with E-state index in [0.717, 1.165) is 11.1 Å². The molecule has 1 nitrogen and oxygen atoms in total. The Balaban J connectivity index is 2.57. The lowest BCUT2D eigenvalue weighted by atomic mass is 9.86. The zero-order chi connectivity index (χ0) is 13.3. The molecule has 0 saturated carbocycles. The van der Waals surface area contributed by atoms with Crippen LogP contribution >= 0.6 is 0 Å². The lowest BCUT2D eigenvalue weighted by Crippen LogP contribution is -2.24. The van der Waals surface area contributed by atoms with Crippen LogP contribution in [-0.2, 0) is 5.60 Å². The number of hydrogen-bond donors (Lipinski definition) is 1. The Morgan fingerprint density at radius 2 is 1.56 bits per heavy atom. The maximum Gasteiger partial charge on any atom is 0.129 e. The number of hydrogen-bond acceptors (Lipinski definition) is 1. The molecule has 0 amide bonds. The monoisotopic (exact) mass is 244 g/mol. The minimum atomic E-state index is -1.32. The van der Waals surface area contributed by atoms with Gasteiger partial charge in [0.1, 0.15) is 11.4 Å². The van der Waals surface area contributed by atoms with Crippen LogP contribution in [0.4, 0.5) is 4.39 Å². The van der Waals surface area contributed by atoms with Gasteiger partial charge < -0.3 is 5.11 Å². The summed E-state index contributed by atoms with van der Waals surface area (Å²) in [5.41, 5.74) is 1.81. The standard InChI is InChI=1S/C16H17FO/c1-11-8-12(2)10-13(9-11)16(3,18)14-6-4-5-7-15(14)17/h4-10,18H,1-3H3. The molecule has 0 spiro atoms. The Labute approximate surface area is 107 Å². The van der Waals surface area contributed by atoms with Gasteiger partial charge >= 0.3 is 0 Å². The zero-order valence-electron chi connectivity index (χ0n) is 10.9. The zero-order valence-corrected chi connectivity index (χ0v) is 10.9. The highest BCUT2D eigenvalue weighted by Crippen LogP contribution is 2.31. The predicted molar refractivity (Wildman–Crippen MR) is 71.0 cm³/mol. The third kappa shape index (κ3) is 2.29. The molecule has 0 heterocycles. The van der Waals surface area contributed by atoms with Crippen LogP contribution in [0.2, 0.25) is 0 Å². The van der Waals surface area contributed by atoms with Crippen molar-refractivity contribution in [3.8, 4) is 0 Å². The molecule has 0 aliphatic heterocycles. The molecular weight excluding hydrogens is 227 g/mol. The van der Waals surface area contributed by atoms with E-state index in [1.54, 1.807) is 25.1 Å². The van der Waals surface area contributed by atoms with Crippen molar-refractivity contribution in [2.24, 2.45) is 0 Å². The number of halogens is 1. The van der Waals surface area contributed by atoms with Gasteiger partial charge in [-0.3, -0.25) is 0 Å². The van der Waals surface area contributed by atoms with Gasteiger partial charge in [0.05, 0.1) is 0 Å². The van der Waals surface area contributed by atoms with Crippen molar-refractivity contribution < 1.29 is 9.50 Å². The average molecular weight is 244 g/mol. The van der Waals surface area contributed by atoms with Crippen molar-refractivity contribution in [3.05, 3.63) is 70.5 Å². The highest BCUT2D eigenvalue weighted by atomic mass is 19.1. The van der Waals surface area contributed by atoms with E-state index in [1.165, 1.54) is 6.07 Å². The van der Waals surface area contributed by atoms with Crippen LogP contribution in [0.1, 0.15) is 29.2 Å². The smallest absolute Gasteiger partial charge is 0.129 e. The summed E-state index contributed by atoms with van der Waals surface area (Å²) >= 11 is 0. The molecule has 0 bridgehead atoms. The number of aryl methyl sites for hydroxylation is 2. The normalized spacial score (nSPS) is 14.3. The first kappa shape index (κ1) is 12.8. The van der Waals surface area contributed by atoms with Gasteiger partial charge in [-0.05, 0) is 32.4 Å². The first-order valence-corrected chi connectivity index (χ1v) is 5.97. The molecule has 1 atom stereocenters. The Bertz CT molecular complexity index is 553. The molecule has 1 N–H and O–H groups in total. The van der Waals surface area contributed by atoms with Crippen LogP contribution in [0, 0.1) is 19.7 Å². The molecule has 1 unspecified atom stereocenters. The molecule has 94 valence electrons. The van der Waals surface area contributed by atoms with Crippen molar-refractivity contribution in [1.82, 2.24) is 0 Å². The summed E-state index contributed by atoms with van der Waals surface area (Å²) in [5, 5.41) is 10.6. The summed E-state index contributed by atoms with van der Waals surface area (Å²) in [6.07, 6.45) is 0. The van der Waals surface area contributed by atoms with Crippen molar-refractivity contribution in [2.75, 3.05) is 0 Å². The molecule has 2 rings (SSSR count). The molecular formula is C16H17FO. The van der Waals surface area contributed by atoms with E-state index in [-0.39, 0.29) is 5.82 Å².